The predicted molar refractivity (Wildman–Crippen MR) is 82.3 cm³/mol. The number of nitriles is 1. The number of benzene rings is 2. The number of carbonyl (C=O) groups excluding carboxylic acids is 1. The zero-order valence-corrected chi connectivity index (χ0v) is 12.0. The molecular formula is C17H16N2O3. The molecule has 2 N–H and O–H groups in total. The molecule has 2 aromatic carbocycles. The minimum atomic E-state index is -1.09. The number of hydrogen-bond acceptors (Lipinski definition) is 3. The minimum Gasteiger partial charge on any atom is -0.480 e. The molecule has 5 nitrogen and oxygen atoms in total. The van der Waals surface area contributed by atoms with E-state index in [1.165, 1.54) is 0 Å². The Labute approximate surface area is 128 Å². The van der Waals surface area contributed by atoms with Gasteiger partial charge in [0.25, 0.3) is 5.91 Å². The lowest BCUT2D eigenvalue weighted by Gasteiger charge is -2.14. The summed E-state index contributed by atoms with van der Waals surface area (Å²) in [6.07, 6.45) is 0.941. The zero-order chi connectivity index (χ0) is 15.9. The van der Waals surface area contributed by atoms with Crippen molar-refractivity contribution in [3.8, 4) is 6.07 Å². The zero-order valence-electron chi connectivity index (χ0n) is 12.0. The predicted octanol–water partition coefficient (Wildman–Crippen LogP) is 2.72. The molecule has 0 aromatic heterocycles. The summed E-state index contributed by atoms with van der Waals surface area (Å²) in [5.74, 6) is -1.51. The van der Waals surface area contributed by atoms with Crippen molar-refractivity contribution in [3.63, 3.8) is 0 Å². The number of amides is 1. The number of hydrogen-bond donors (Lipinski definition) is 2. The van der Waals surface area contributed by atoms with E-state index >= 15 is 0 Å². The lowest BCUT2D eigenvalue weighted by Crippen LogP contribution is -2.40. The van der Waals surface area contributed by atoms with Crippen LogP contribution in [0, 0.1) is 11.3 Å². The van der Waals surface area contributed by atoms with Crippen LogP contribution in [-0.4, -0.2) is 23.0 Å². The fourth-order valence-electron chi connectivity index (χ4n) is 2.30. The van der Waals surface area contributed by atoms with Crippen molar-refractivity contribution in [3.05, 3.63) is 48.0 Å². The molecule has 0 saturated carbocycles. The van der Waals surface area contributed by atoms with Crippen molar-refractivity contribution in [2.75, 3.05) is 0 Å². The molecule has 2 aromatic rings. The van der Waals surface area contributed by atoms with E-state index < -0.39 is 17.9 Å². The molecule has 0 spiro atoms. The molecule has 0 radical (unpaired) electrons. The third kappa shape index (κ3) is 3.61. The lowest BCUT2D eigenvalue weighted by atomic mass is 10.0. The van der Waals surface area contributed by atoms with E-state index in [9.17, 15) is 14.7 Å². The molecule has 0 unspecified atom stereocenters. The smallest absolute Gasteiger partial charge is 0.326 e. The number of nitrogens with one attached hydrogen (secondary N) is 1. The van der Waals surface area contributed by atoms with Crippen molar-refractivity contribution in [2.45, 2.75) is 25.3 Å². The standard InChI is InChI=1S/C17H16N2O3/c18-11-4-3-10-15(17(21)22)19-16(20)14-9-5-7-12-6-1-2-8-13(12)14/h1-2,5-9,15H,3-4,10H2,(H,19,20)(H,21,22)/t15-/m0/s1. The second-order valence-electron chi connectivity index (χ2n) is 4.94. The van der Waals surface area contributed by atoms with Gasteiger partial charge in [-0.25, -0.2) is 4.79 Å². The van der Waals surface area contributed by atoms with Crippen LogP contribution in [0.15, 0.2) is 42.5 Å². The summed E-state index contributed by atoms with van der Waals surface area (Å²) in [7, 11) is 0. The normalized spacial score (nSPS) is 11.6. The van der Waals surface area contributed by atoms with Crippen LogP contribution in [0.25, 0.3) is 10.8 Å². The van der Waals surface area contributed by atoms with Gasteiger partial charge in [0.15, 0.2) is 0 Å². The average Bonchev–Trinajstić information content (AvgIpc) is 2.53. The Morgan fingerprint density at radius 1 is 1.18 bits per heavy atom. The summed E-state index contributed by atoms with van der Waals surface area (Å²) in [5.41, 5.74) is 0.449. The molecule has 0 aliphatic carbocycles. The molecule has 2 rings (SSSR count). The highest BCUT2D eigenvalue weighted by Crippen LogP contribution is 2.18. The van der Waals surface area contributed by atoms with Gasteiger partial charge in [-0.3, -0.25) is 4.79 Å². The van der Waals surface area contributed by atoms with E-state index in [0.717, 1.165) is 10.8 Å². The van der Waals surface area contributed by atoms with Gasteiger partial charge >= 0.3 is 5.97 Å². The van der Waals surface area contributed by atoms with E-state index in [2.05, 4.69) is 5.32 Å². The fourth-order valence-corrected chi connectivity index (χ4v) is 2.30. The summed E-state index contributed by atoms with van der Waals surface area (Å²) < 4.78 is 0. The number of unbranched alkanes of at least 4 members (excludes halogenated alkanes) is 1. The topological polar surface area (TPSA) is 90.2 Å². The quantitative estimate of drug-likeness (QED) is 0.802. The Morgan fingerprint density at radius 3 is 2.64 bits per heavy atom. The SMILES string of the molecule is N#CCCC[C@H](NC(=O)c1cccc2ccccc12)C(=O)O. The van der Waals surface area contributed by atoms with Gasteiger partial charge in [0.2, 0.25) is 0 Å². The maximum absolute atomic E-state index is 12.4. The van der Waals surface area contributed by atoms with E-state index in [1.54, 1.807) is 12.1 Å². The third-order valence-electron chi connectivity index (χ3n) is 3.42. The van der Waals surface area contributed by atoms with Gasteiger partial charge in [-0.1, -0.05) is 36.4 Å². The Kier molecular flexibility index (Phi) is 5.10. The maximum atomic E-state index is 12.4. The second-order valence-corrected chi connectivity index (χ2v) is 4.94. The lowest BCUT2D eigenvalue weighted by molar-refractivity contribution is -0.139. The molecule has 0 fully saturated rings. The van der Waals surface area contributed by atoms with Crippen molar-refractivity contribution in [1.29, 1.82) is 5.26 Å². The molecule has 112 valence electrons. The Bertz CT molecular complexity index is 729. The molecule has 1 amide bonds. The number of rotatable bonds is 6. The van der Waals surface area contributed by atoms with Crippen LogP contribution in [-0.2, 0) is 4.79 Å². The van der Waals surface area contributed by atoms with Gasteiger partial charge in [0.1, 0.15) is 6.04 Å². The fraction of sp³-hybridized carbons (Fsp3) is 0.235. The first kappa shape index (κ1) is 15.5. The number of aliphatic carboxylic acids is 1. The van der Waals surface area contributed by atoms with Gasteiger partial charge < -0.3 is 10.4 Å². The van der Waals surface area contributed by atoms with Gasteiger partial charge in [-0.05, 0) is 29.7 Å². The molecule has 0 saturated heterocycles. The molecular weight excluding hydrogens is 280 g/mol. The van der Waals surface area contributed by atoms with Crippen molar-refractivity contribution < 1.29 is 14.7 Å². The molecule has 0 aliphatic rings. The largest absolute Gasteiger partial charge is 0.480 e. The Hall–Kier alpha value is -2.87. The van der Waals surface area contributed by atoms with Crippen LogP contribution in [0.3, 0.4) is 0 Å². The van der Waals surface area contributed by atoms with Crippen LogP contribution in [0.1, 0.15) is 29.6 Å². The number of fused-ring (bicyclic) bond motifs is 1. The van der Waals surface area contributed by atoms with E-state index in [1.807, 2.05) is 36.4 Å². The monoisotopic (exact) mass is 296 g/mol. The molecule has 0 heterocycles. The first-order chi connectivity index (χ1) is 10.6. The molecule has 0 bridgehead atoms. The summed E-state index contributed by atoms with van der Waals surface area (Å²) in [6.45, 7) is 0. The second kappa shape index (κ2) is 7.23. The first-order valence-corrected chi connectivity index (χ1v) is 7.02. The summed E-state index contributed by atoms with van der Waals surface area (Å²) in [4.78, 5) is 23.6. The van der Waals surface area contributed by atoms with Crippen molar-refractivity contribution >= 4 is 22.6 Å². The average molecular weight is 296 g/mol. The van der Waals surface area contributed by atoms with E-state index in [0.29, 0.717) is 12.0 Å². The third-order valence-corrected chi connectivity index (χ3v) is 3.42. The Balaban J connectivity index is 2.19. The molecule has 1 atom stereocenters. The van der Waals surface area contributed by atoms with Crippen molar-refractivity contribution in [2.24, 2.45) is 0 Å². The number of carboxylic acid groups (broad SMARTS) is 1. The van der Waals surface area contributed by atoms with Crippen LogP contribution in [0.2, 0.25) is 0 Å². The highest BCUT2D eigenvalue weighted by atomic mass is 16.4. The highest BCUT2D eigenvalue weighted by molar-refractivity contribution is 6.07. The van der Waals surface area contributed by atoms with Gasteiger partial charge in [-0.2, -0.15) is 5.26 Å². The van der Waals surface area contributed by atoms with Crippen LogP contribution in [0.5, 0.6) is 0 Å². The van der Waals surface area contributed by atoms with Crippen LogP contribution < -0.4 is 5.32 Å². The first-order valence-electron chi connectivity index (χ1n) is 7.02. The maximum Gasteiger partial charge on any atom is 0.326 e. The minimum absolute atomic E-state index is 0.236. The van der Waals surface area contributed by atoms with Gasteiger partial charge in [0, 0.05) is 12.0 Å². The molecule has 5 heteroatoms. The van der Waals surface area contributed by atoms with Crippen LogP contribution >= 0.6 is 0 Å². The summed E-state index contributed by atoms with van der Waals surface area (Å²) in [5, 5.41) is 21.9. The molecule has 0 aliphatic heterocycles. The van der Waals surface area contributed by atoms with Gasteiger partial charge in [-0.15, -0.1) is 0 Å². The Morgan fingerprint density at radius 2 is 1.91 bits per heavy atom. The number of carboxylic acids is 1. The van der Waals surface area contributed by atoms with E-state index in [4.69, 9.17) is 5.26 Å². The summed E-state index contributed by atoms with van der Waals surface area (Å²) in [6, 6.07) is 13.8. The highest BCUT2D eigenvalue weighted by Gasteiger charge is 2.21. The number of nitrogens with zero attached hydrogens (tertiary/aromatic N) is 1. The van der Waals surface area contributed by atoms with Gasteiger partial charge in [0.05, 0.1) is 6.07 Å². The summed E-state index contributed by atoms with van der Waals surface area (Å²) >= 11 is 0. The van der Waals surface area contributed by atoms with Crippen molar-refractivity contribution in [1.82, 2.24) is 5.32 Å². The van der Waals surface area contributed by atoms with E-state index in [-0.39, 0.29) is 12.8 Å². The number of carbonyl (C=O) groups is 2. The molecule has 22 heavy (non-hydrogen) atoms. The van der Waals surface area contributed by atoms with Crippen LogP contribution in [0.4, 0.5) is 0 Å².